The number of hydrogen-bond acceptors (Lipinski definition) is 8. The summed E-state index contributed by atoms with van der Waals surface area (Å²) in [5.41, 5.74) is 0.286. The second kappa shape index (κ2) is 16.0. The zero-order valence-corrected chi connectivity index (χ0v) is 27.2. The molecule has 2 N–H and O–H groups in total. The smallest absolute Gasteiger partial charge is 0.255 e. The van der Waals surface area contributed by atoms with E-state index in [0.717, 1.165) is 51.4 Å². The van der Waals surface area contributed by atoms with Crippen molar-refractivity contribution >= 4 is 23.6 Å². The molecule has 2 atom stereocenters. The molecule has 2 aliphatic heterocycles. The van der Waals surface area contributed by atoms with Crippen molar-refractivity contribution in [2.45, 2.75) is 116 Å². The first-order chi connectivity index (χ1) is 22.3. The molecule has 3 aliphatic rings. The van der Waals surface area contributed by atoms with Crippen molar-refractivity contribution in [2.24, 2.45) is 5.92 Å². The number of para-hydroxylation sites is 1. The summed E-state index contributed by atoms with van der Waals surface area (Å²) in [7, 11) is 0. The SMILES string of the molecule is CC(C)CC1NC(=O)c2ccccc2OCc2noc(n2)CCCCCCCCNC(=O)CN(C2CC2)C(=O)C2CCCN2C1=O. The average Bonchev–Trinajstić information content (AvgIpc) is 3.57. The highest BCUT2D eigenvalue weighted by molar-refractivity contribution is 6.00. The summed E-state index contributed by atoms with van der Waals surface area (Å²) >= 11 is 0. The van der Waals surface area contributed by atoms with Gasteiger partial charge in [0, 0.05) is 25.6 Å². The Balaban J connectivity index is 1.35. The van der Waals surface area contributed by atoms with Crippen LogP contribution in [0.2, 0.25) is 0 Å². The normalized spacial score (nSPS) is 23.4. The molecule has 46 heavy (non-hydrogen) atoms. The Morgan fingerprint density at radius 1 is 0.913 bits per heavy atom. The molecule has 1 saturated heterocycles. The monoisotopic (exact) mass is 636 g/mol. The van der Waals surface area contributed by atoms with Gasteiger partial charge >= 0.3 is 0 Å². The second-order valence-electron chi connectivity index (χ2n) is 13.2. The van der Waals surface area contributed by atoms with Crippen LogP contribution >= 0.6 is 0 Å². The molecule has 1 aliphatic carbocycles. The second-order valence-corrected chi connectivity index (χ2v) is 13.2. The average molecular weight is 637 g/mol. The van der Waals surface area contributed by atoms with E-state index in [2.05, 4.69) is 20.8 Å². The summed E-state index contributed by atoms with van der Waals surface area (Å²) in [5, 5.41) is 9.97. The molecular weight excluding hydrogens is 588 g/mol. The lowest BCUT2D eigenvalue weighted by Crippen LogP contribution is -2.55. The van der Waals surface area contributed by atoms with Gasteiger partial charge in [0.2, 0.25) is 29.4 Å². The number of benzene rings is 1. The summed E-state index contributed by atoms with van der Waals surface area (Å²) < 4.78 is 11.4. The number of ether oxygens (including phenoxy) is 1. The lowest BCUT2D eigenvalue weighted by molar-refractivity contribution is -0.146. The number of fused-ring (bicyclic) bond motifs is 4. The molecule has 4 amide bonds. The Bertz CT molecular complexity index is 1360. The molecule has 1 aromatic carbocycles. The lowest BCUT2D eigenvalue weighted by atomic mass is 10.0. The van der Waals surface area contributed by atoms with Crippen molar-refractivity contribution in [2.75, 3.05) is 19.6 Å². The number of aryl methyl sites for hydroxylation is 1. The standard InChI is InChI=1S/C34H48N6O6/c1-23(2)20-26-33(43)39-19-11-13-27(39)34(44)40(24-16-17-24)21-30(41)35-18-10-6-4-3-5-7-15-31-37-29(38-46-31)22-45-28-14-9-8-12-25(28)32(42)36-26/h8-9,12,14,23-24,26-27H,3-7,10-11,13,15-22H2,1-2H3,(H,35,41)(H,36,42). The number of nitrogens with zero attached hydrogens (tertiary/aromatic N) is 4. The predicted molar refractivity (Wildman–Crippen MR) is 170 cm³/mol. The van der Waals surface area contributed by atoms with Gasteiger partial charge in [0.25, 0.3) is 5.91 Å². The van der Waals surface area contributed by atoms with Crippen molar-refractivity contribution in [3.8, 4) is 5.75 Å². The van der Waals surface area contributed by atoms with Crippen molar-refractivity contribution in [3.63, 3.8) is 0 Å². The van der Waals surface area contributed by atoms with Gasteiger partial charge in [-0.15, -0.1) is 0 Å². The minimum Gasteiger partial charge on any atom is -0.485 e. The predicted octanol–water partition coefficient (Wildman–Crippen LogP) is 3.79. The fourth-order valence-electron chi connectivity index (χ4n) is 6.30. The number of nitrogens with one attached hydrogen (secondary N) is 2. The number of hydrogen-bond donors (Lipinski definition) is 2. The van der Waals surface area contributed by atoms with Crippen LogP contribution in [0.15, 0.2) is 28.8 Å². The van der Waals surface area contributed by atoms with Crippen molar-refractivity contribution in [1.82, 2.24) is 30.6 Å². The number of amides is 4. The van der Waals surface area contributed by atoms with E-state index >= 15 is 0 Å². The molecule has 5 rings (SSSR count). The van der Waals surface area contributed by atoms with Gasteiger partial charge in [0.05, 0.1) is 12.1 Å². The van der Waals surface area contributed by atoms with Crippen LogP contribution in [-0.2, 0) is 27.4 Å². The van der Waals surface area contributed by atoms with Crippen LogP contribution in [0.25, 0.3) is 0 Å². The van der Waals surface area contributed by atoms with Gasteiger partial charge in [-0.3, -0.25) is 19.2 Å². The molecule has 12 nitrogen and oxygen atoms in total. The number of carbonyl (C=O) groups is 4. The minimum atomic E-state index is -0.829. The van der Waals surface area contributed by atoms with Gasteiger partial charge in [-0.1, -0.05) is 56.8 Å². The minimum absolute atomic E-state index is 0.00234. The van der Waals surface area contributed by atoms with E-state index in [4.69, 9.17) is 9.26 Å². The first-order valence-corrected chi connectivity index (χ1v) is 17.0. The van der Waals surface area contributed by atoms with E-state index in [1.807, 2.05) is 13.8 Å². The highest BCUT2D eigenvalue weighted by atomic mass is 16.5. The van der Waals surface area contributed by atoms with Crippen molar-refractivity contribution in [3.05, 3.63) is 41.5 Å². The van der Waals surface area contributed by atoms with Crippen molar-refractivity contribution < 1.29 is 28.4 Å². The molecule has 3 heterocycles. The topological polar surface area (TPSA) is 147 Å². The van der Waals surface area contributed by atoms with E-state index in [1.54, 1.807) is 34.1 Å². The quantitative estimate of drug-likeness (QED) is 0.518. The van der Waals surface area contributed by atoms with E-state index in [9.17, 15) is 19.2 Å². The summed E-state index contributed by atoms with van der Waals surface area (Å²) in [6.07, 6.45) is 10.1. The van der Waals surface area contributed by atoms with Crippen LogP contribution in [0, 0.1) is 5.92 Å². The number of aromatic nitrogens is 2. The lowest BCUT2D eigenvalue weighted by Gasteiger charge is -2.33. The number of rotatable bonds is 3. The van der Waals surface area contributed by atoms with Crippen LogP contribution in [0.3, 0.4) is 0 Å². The van der Waals surface area contributed by atoms with E-state index in [1.165, 1.54) is 0 Å². The Morgan fingerprint density at radius 2 is 1.67 bits per heavy atom. The highest BCUT2D eigenvalue weighted by Crippen LogP contribution is 2.30. The molecule has 1 aromatic heterocycles. The van der Waals surface area contributed by atoms with Crippen LogP contribution in [0.1, 0.15) is 107 Å². The van der Waals surface area contributed by atoms with Crippen LogP contribution in [0.4, 0.5) is 0 Å². The molecule has 2 bridgehead atoms. The largest absolute Gasteiger partial charge is 0.485 e. The summed E-state index contributed by atoms with van der Waals surface area (Å²) in [5.74, 6) is 0.341. The zero-order chi connectivity index (χ0) is 32.5. The fraction of sp³-hybridized carbons (Fsp3) is 0.647. The third kappa shape index (κ3) is 9.07. The van der Waals surface area contributed by atoms with Crippen LogP contribution in [-0.4, -0.2) is 81.3 Å². The molecule has 1 saturated carbocycles. The molecule has 250 valence electrons. The summed E-state index contributed by atoms with van der Waals surface area (Å²) in [6.45, 7) is 5.02. The van der Waals surface area contributed by atoms with E-state index in [-0.39, 0.29) is 48.4 Å². The van der Waals surface area contributed by atoms with E-state index in [0.29, 0.717) is 56.2 Å². The Morgan fingerprint density at radius 3 is 2.46 bits per heavy atom. The Hall–Kier alpha value is -3.96. The van der Waals surface area contributed by atoms with Gasteiger partial charge in [0.15, 0.2) is 6.61 Å². The molecule has 2 fully saturated rings. The first-order valence-electron chi connectivity index (χ1n) is 17.0. The highest BCUT2D eigenvalue weighted by Gasteiger charge is 2.43. The molecule has 2 unspecified atom stereocenters. The Kier molecular flexibility index (Phi) is 11.7. The molecule has 0 radical (unpaired) electrons. The maximum atomic E-state index is 14.1. The maximum Gasteiger partial charge on any atom is 0.255 e. The van der Waals surface area contributed by atoms with E-state index < -0.39 is 18.0 Å². The number of carbonyl (C=O) groups excluding carboxylic acids is 4. The van der Waals surface area contributed by atoms with Gasteiger partial charge in [-0.05, 0) is 63.0 Å². The summed E-state index contributed by atoms with van der Waals surface area (Å²) in [4.78, 5) is 62.2. The van der Waals surface area contributed by atoms with Gasteiger partial charge in [0.1, 0.15) is 17.8 Å². The zero-order valence-electron chi connectivity index (χ0n) is 27.2. The molecule has 12 heteroatoms. The molecular formula is C34H48N6O6. The molecule has 2 aromatic rings. The first kappa shape index (κ1) is 33.4. The van der Waals surface area contributed by atoms with Crippen LogP contribution in [0.5, 0.6) is 5.75 Å². The third-order valence-corrected chi connectivity index (χ3v) is 8.85. The maximum absolute atomic E-state index is 14.1. The third-order valence-electron chi connectivity index (χ3n) is 8.85. The summed E-state index contributed by atoms with van der Waals surface area (Å²) in [6, 6.07) is 5.41. The van der Waals surface area contributed by atoms with Gasteiger partial charge in [-0.25, -0.2) is 0 Å². The van der Waals surface area contributed by atoms with Gasteiger partial charge in [-0.2, -0.15) is 4.98 Å². The Labute approximate surface area is 271 Å². The van der Waals surface area contributed by atoms with Crippen LogP contribution < -0.4 is 15.4 Å². The van der Waals surface area contributed by atoms with Gasteiger partial charge < -0.3 is 29.7 Å². The molecule has 0 spiro atoms. The fourth-order valence-corrected chi connectivity index (χ4v) is 6.30. The van der Waals surface area contributed by atoms with Crippen molar-refractivity contribution in [1.29, 1.82) is 0 Å².